The van der Waals surface area contributed by atoms with Crippen molar-refractivity contribution in [3.05, 3.63) is 34.9 Å². The van der Waals surface area contributed by atoms with E-state index in [9.17, 15) is 9.90 Å². The molecule has 1 heterocycles. The zero-order chi connectivity index (χ0) is 13.3. The van der Waals surface area contributed by atoms with E-state index in [0.717, 1.165) is 0 Å². The van der Waals surface area contributed by atoms with Gasteiger partial charge in [0.05, 0.1) is 16.3 Å². The van der Waals surface area contributed by atoms with Gasteiger partial charge in [-0.2, -0.15) is 4.68 Å². The molecule has 0 radical (unpaired) electrons. The lowest BCUT2D eigenvalue weighted by Crippen LogP contribution is -2.03. The first kappa shape index (κ1) is 12.4. The SMILES string of the molecule is CC(=O)Oc1nn(-c2ccccc2Cl)c(O)c1C. The number of rotatable bonds is 2. The Morgan fingerprint density at radius 3 is 2.72 bits per heavy atom. The summed E-state index contributed by atoms with van der Waals surface area (Å²) in [4.78, 5) is 10.9. The number of benzene rings is 1. The van der Waals surface area contributed by atoms with Gasteiger partial charge in [-0.05, 0) is 19.1 Å². The molecule has 1 N–H and O–H groups in total. The van der Waals surface area contributed by atoms with Crippen molar-refractivity contribution in [3.63, 3.8) is 0 Å². The number of carbonyl (C=O) groups is 1. The molecule has 0 aliphatic rings. The van der Waals surface area contributed by atoms with Crippen LogP contribution in [0.1, 0.15) is 12.5 Å². The minimum atomic E-state index is -0.498. The number of hydrogen-bond donors (Lipinski definition) is 1. The van der Waals surface area contributed by atoms with Crippen LogP contribution in [0.3, 0.4) is 0 Å². The fourth-order valence-electron chi connectivity index (χ4n) is 1.49. The van der Waals surface area contributed by atoms with Crippen LogP contribution in [0.2, 0.25) is 5.02 Å². The molecule has 1 aromatic carbocycles. The van der Waals surface area contributed by atoms with Crippen LogP contribution >= 0.6 is 11.6 Å². The average Bonchev–Trinajstić information content (AvgIpc) is 2.58. The number of ether oxygens (including phenoxy) is 1. The van der Waals surface area contributed by atoms with Crippen LogP contribution in [0.5, 0.6) is 11.8 Å². The predicted molar refractivity (Wildman–Crippen MR) is 66.3 cm³/mol. The fraction of sp³-hybridized carbons (Fsp3) is 0.167. The Hall–Kier alpha value is -2.01. The third-order valence-electron chi connectivity index (χ3n) is 2.37. The molecule has 0 amide bonds. The molecule has 5 nitrogen and oxygen atoms in total. The maximum atomic E-state index is 10.9. The number of aromatic nitrogens is 2. The Balaban J connectivity index is 2.53. The zero-order valence-electron chi connectivity index (χ0n) is 9.85. The Labute approximate surface area is 109 Å². The van der Waals surface area contributed by atoms with Crippen LogP contribution in [-0.2, 0) is 4.79 Å². The van der Waals surface area contributed by atoms with Gasteiger partial charge in [-0.25, -0.2) is 0 Å². The van der Waals surface area contributed by atoms with E-state index in [1.807, 2.05) is 0 Å². The number of halogens is 1. The molecule has 94 valence electrons. The van der Waals surface area contributed by atoms with Crippen molar-refractivity contribution in [2.75, 3.05) is 0 Å². The van der Waals surface area contributed by atoms with Crippen LogP contribution in [-0.4, -0.2) is 20.9 Å². The molecule has 0 bridgehead atoms. The van der Waals surface area contributed by atoms with Gasteiger partial charge in [-0.15, -0.1) is 5.10 Å². The van der Waals surface area contributed by atoms with Gasteiger partial charge in [0, 0.05) is 6.92 Å². The summed E-state index contributed by atoms with van der Waals surface area (Å²) in [5.74, 6) is -0.541. The fourth-order valence-corrected chi connectivity index (χ4v) is 1.71. The molecule has 2 aromatic rings. The topological polar surface area (TPSA) is 64.3 Å². The van der Waals surface area contributed by atoms with Gasteiger partial charge in [0.25, 0.3) is 0 Å². The molecule has 0 saturated heterocycles. The van der Waals surface area contributed by atoms with Crippen molar-refractivity contribution in [2.45, 2.75) is 13.8 Å². The number of nitrogens with zero attached hydrogens (tertiary/aromatic N) is 2. The van der Waals surface area contributed by atoms with Crippen molar-refractivity contribution in [1.82, 2.24) is 9.78 Å². The summed E-state index contributed by atoms with van der Waals surface area (Å²) in [5.41, 5.74) is 0.892. The average molecular weight is 267 g/mol. The van der Waals surface area contributed by atoms with E-state index >= 15 is 0 Å². The quantitative estimate of drug-likeness (QED) is 0.848. The van der Waals surface area contributed by atoms with E-state index < -0.39 is 5.97 Å². The van der Waals surface area contributed by atoms with E-state index in [1.54, 1.807) is 31.2 Å². The molecule has 2 rings (SSSR count). The van der Waals surface area contributed by atoms with Crippen molar-refractivity contribution in [2.24, 2.45) is 0 Å². The maximum Gasteiger partial charge on any atom is 0.309 e. The molecule has 1 aromatic heterocycles. The van der Waals surface area contributed by atoms with Gasteiger partial charge in [-0.1, -0.05) is 23.7 Å². The summed E-state index contributed by atoms with van der Waals surface area (Å²) in [6, 6.07) is 6.92. The number of esters is 1. The molecule has 0 fully saturated rings. The Kier molecular flexibility index (Phi) is 3.25. The van der Waals surface area contributed by atoms with E-state index in [4.69, 9.17) is 16.3 Å². The molecular formula is C12H11ClN2O3. The van der Waals surface area contributed by atoms with Crippen molar-refractivity contribution in [1.29, 1.82) is 0 Å². The lowest BCUT2D eigenvalue weighted by molar-refractivity contribution is -0.132. The molecule has 0 unspecified atom stereocenters. The Bertz CT molecular complexity index is 607. The molecule has 0 aliphatic carbocycles. The second-order valence-electron chi connectivity index (χ2n) is 3.71. The second-order valence-corrected chi connectivity index (χ2v) is 4.12. The zero-order valence-corrected chi connectivity index (χ0v) is 10.6. The van der Waals surface area contributed by atoms with Crippen LogP contribution in [0, 0.1) is 6.92 Å². The number of aromatic hydroxyl groups is 1. The first-order valence-electron chi connectivity index (χ1n) is 5.22. The lowest BCUT2D eigenvalue weighted by Gasteiger charge is -2.04. The third kappa shape index (κ3) is 2.17. The molecule has 0 aliphatic heterocycles. The van der Waals surface area contributed by atoms with Gasteiger partial charge in [0.2, 0.25) is 11.8 Å². The normalized spacial score (nSPS) is 10.4. The highest BCUT2D eigenvalue weighted by Crippen LogP contribution is 2.31. The summed E-state index contributed by atoms with van der Waals surface area (Å²) >= 11 is 6.02. The number of para-hydroxylation sites is 1. The van der Waals surface area contributed by atoms with E-state index in [2.05, 4.69) is 5.10 Å². The van der Waals surface area contributed by atoms with E-state index in [-0.39, 0.29) is 11.8 Å². The van der Waals surface area contributed by atoms with Gasteiger partial charge < -0.3 is 9.84 Å². The van der Waals surface area contributed by atoms with Gasteiger partial charge in [0.15, 0.2) is 0 Å². The van der Waals surface area contributed by atoms with Crippen molar-refractivity contribution >= 4 is 17.6 Å². The second kappa shape index (κ2) is 4.70. The van der Waals surface area contributed by atoms with Crippen molar-refractivity contribution in [3.8, 4) is 17.4 Å². The van der Waals surface area contributed by atoms with E-state index in [0.29, 0.717) is 16.3 Å². The Morgan fingerprint density at radius 1 is 1.44 bits per heavy atom. The van der Waals surface area contributed by atoms with E-state index in [1.165, 1.54) is 11.6 Å². The van der Waals surface area contributed by atoms with Gasteiger partial charge >= 0.3 is 5.97 Å². The van der Waals surface area contributed by atoms with Crippen LogP contribution in [0.15, 0.2) is 24.3 Å². The van der Waals surface area contributed by atoms with Gasteiger partial charge in [-0.3, -0.25) is 4.79 Å². The monoisotopic (exact) mass is 266 g/mol. The minimum Gasteiger partial charge on any atom is -0.493 e. The summed E-state index contributed by atoms with van der Waals surface area (Å²) in [6.07, 6.45) is 0. The summed E-state index contributed by atoms with van der Waals surface area (Å²) < 4.78 is 6.13. The minimum absolute atomic E-state index is 0.0694. The summed E-state index contributed by atoms with van der Waals surface area (Å²) in [6.45, 7) is 2.87. The van der Waals surface area contributed by atoms with Crippen LogP contribution in [0.25, 0.3) is 5.69 Å². The first-order chi connectivity index (χ1) is 8.50. The molecule has 0 spiro atoms. The highest BCUT2D eigenvalue weighted by molar-refractivity contribution is 6.32. The van der Waals surface area contributed by atoms with Gasteiger partial charge in [0.1, 0.15) is 0 Å². The molecule has 0 atom stereocenters. The smallest absolute Gasteiger partial charge is 0.309 e. The predicted octanol–water partition coefficient (Wildman–Crippen LogP) is 2.47. The number of hydrogen-bond acceptors (Lipinski definition) is 4. The largest absolute Gasteiger partial charge is 0.493 e. The Morgan fingerprint density at radius 2 is 2.11 bits per heavy atom. The highest BCUT2D eigenvalue weighted by atomic mass is 35.5. The van der Waals surface area contributed by atoms with Crippen LogP contribution in [0.4, 0.5) is 0 Å². The van der Waals surface area contributed by atoms with Crippen molar-refractivity contribution < 1.29 is 14.6 Å². The molecular weight excluding hydrogens is 256 g/mol. The maximum absolute atomic E-state index is 10.9. The number of carbonyl (C=O) groups excluding carboxylic acids is 1. The molecule has 0 saturated carbocycles. The standard InChI is InChI=1S/C12H11ClN2O3/c1-7-11(18-8(2)16)14-15(12(7)17)10-6-4-3-5-9(10)13/h3-6,17H,1-2H3. The molecule has 18 heavy (non-hydrogen) atoms. The lowest BCUT2D eigenvalue weighted by atomic mass is 10.3. The molecule has 6 heteroatoms. The third-order valence-corrected chi connectivity index (χ3v) is 2.69. The van der Waals surface area contributed by atoms with Crippen LogP contribution < -0.4 is 4.74 Å². The summed E-state index contributed by atoms with van der Waals surface area (Å²) in [7, 11) is 0. The first-order valence-corrected chi connectivity index (χ1v) is 5.60. The summed E-state index contributed by atoms with van der Waals surface area (Å²) in [5, 5.41) is 14.4. The highest BCUT2D eigenvalue weighted by Gasteiger charge is 2.18.